The van der Waals surface area contributed by atoms with Crippen LogP contribution in [0.2, 0.25) is 0 Å². The first kappa shape index (κ1) is 19.3. The van der Waals surface area contributed by atoms with Crippen LogP contribution in [0.3, 0.4) is 0 Å². The Labute approximate surface area is 165 Å². The lowest BCUT2D eigenvalue weighted by Gasteiger charge is -2.36. The number of fused-ring (bicyclic) bond motifs is 1. The molecule has 0 amide bonds. The quantitative estimate of drug-likeness (QED) is 0.716. The summed E-state index contributed by atoms with van der Waals surface area (Å²) in [5, 5.41) is 4.48. The molecule has 3 aromatic rings. The van der Waals surface area contributed by atoms with Crippen LogP contribution in [0.4, 0.5) is 20.4 Å². The van der Waals surface area contributed by atoms with Gasteiger partial charge >= 0.3 is 0 Å². The van der Waals surface area contributed by atoms with Gasteiger partial charge in [0.05, 0.1) is 12.3 Å². The first-order valence-corrected chi connectivity index (χ1v) is 9.32. The average Bonchev–Trinajstić information content (AvgIpc) is 3.08. The zero-order valence-electron chi connectivity index (χ0n) is 16.4. The van der Waals surface area contributed by atoms with E-state index in [1.807, 2.05) is 4.90 Å². The Morgan fingerprint density at radius 3 is 2.38 bits per heavy atom. The highest BCUT2D eigenvalue weighted by molar-refractivity contribution is 5.74. The van der Waals surface area contributed by atoms with Crippen molar-refractivity contribution in [2.45, 2.75) is 13.0 Å². The van der Waals surface area contributed by atoms with Crippen molar-refractivity contribution < 1.29 is 13.5 Å². The number of aryl methyl sites for hydroxylation is 1. The molecule has 1 atom stereocenters. The van der Waals surface area contributed by atoms with E-state index in [1.165, 1.54) is 30.1 Å². The van der Waals surface area contributed by atoms with Gasteiger partial charge in [-0.1, -0.05) is 0 Å². The highest BCUT2D eigenvalue weighted by atomic mass is 19.1. The molecule has 4 rings (SSSR count). The predicted molar refractivity (Wildman–Crippen MR) is 105 cm³/mol. The monoisotopic (exact) mass is 404 g/mol. The number of methoxy groups -OCH3 is 1. The van der Waals surface area contributed by atoms with Gasteiger partial charge in [0, 0.05) is 40.3 Å². The van der Waals surface area contributed by atoms with Crippen LogP contribution in [0, 0.1) is 11.6 Å². The largest absolute Gasteiger partial charge is 0.377 e. The first-order chi connectivity index (χ1) is 13.9. The predicted octanol–water partition coefficient (Wildman–Crippen LogP) is 1.97. The summed E-state index contributed by atoms with van der Waals surface area (Å²) in [6.45, 7) is 3.43. The van der Waals surface area contributed by atoms with Crippen molar-refractivity contribution in [3.8, 4) is 0 Å². The highest BCUT2D eigenvalue weighted by Gasteiger charge is 2.25. The third-order valence-electron chi connectivity index (χ3n) is 5.35. The van der Waals surface area contributed by atoms with Crippen molar-refractivity contribution in [2.75, 3.05) is 43.1 Å². The number of H-pyrrole nitrogens is 1. The second-order valence-corrected chi connectivity index (χ2v) is 7.08. The summed E-state index contributed by atoms with van der Waals surface area (Å²) in [6, 6.07) is 2.63. The molecule has 0 bridgehead atoms. The van der Waals surface area contributed by atoms with Gasteiger partial charge in [0.2, 0.25) is 5.95 Å². The molecule has 0 radical (unpaired) electrons. The normalized spacial score (nSPS) is 15.9. The van der Waals surface area contributed by atoms with Gasteiger partial charge in [-0.2, -0.15) is 10.1 Å². The zero-order valence-corrected chi connectivity index (χ0v) is 16.4. The van der Waals surface area contributed by atoms with Gasteiger partial charge < -0.3 is 14.5 Å². The topological polar surface area (TPSA) is 79.3 Å². The molecule has 0 spiro atoms. The van der Waals surface area contributed by atoms with E-state index < -0.39 is 17.7 Å². The highest BCUT2D eigenvalue weighted by Crippen LogP contribution is 2.29. The molecule has 1 aliphatic rings. The number of aromatic amines is 1. The number of ether oxygens (including phenoxy) is 1. The van der Waals surface area contributed by atoms with Crippen LogP contribution in [-0.2, 0) is 11.8 Å². The fraction of sp³-hybridized carbons (Fsp3) is 0.421. The van der Waals surface area contributed by atoms with Gasteiger partial charge in [-0.15, -0.1) is 0 Å². The van der Waals surface area contributed by atoms with Gasteiger partial charge in [0.25, 0.3) is 5.56 Å². The van der Waals surface area contributed by atoms with Crippen molar-refractivity contribution in [3.63, 3.8) is 0 Å². The minimum Gasteiger partial charge on any atom is -0.377 e. The standard InChI is InChI=1S/C19H22F2N6O2/c1-11(29-3)12-8-14(20)16(15(21)9-12)26-4-6-27(7-5-26)19-23-17-13(18(28)24-19)10-22-25(17)2/h8-11H,4-7H2,1-3H3,(H,23,24,28). The van der Waals surface area contributed by atoms with Crippen molar-refractivity contribution >= 4 is 22.7 Å². The lowest BCUT2D eigenvalue weighted by molar-refractivity contribution is 0.119. The molecule has 8 nitrogen and oxygen atoms in total. The van der Waals surface area contributed by atoms with E-state index in [1.54, 1.807) is 18.9 Å². The SMILES string of the molecule is COC(C)c1cc(F)c(N2CCN(c3nc4c(cnn4C)c(=O)[nH]3)CC2)c(F)c1. The van der Waals surface area contributed by atoms with Crippen molar-refractivity contribution in [1.82, 2.24) is 19.7 Å². The van der Waals surface area contributed by atoms with Crippen LogP contribution >= 0.6 is 0 Å². The molecule has 1 N–H and O–H groups in total. The second-order valence-electron chi connectivity index (χ2n) is 7.08. The number of anilines is 2. The Hall–Kier alpha value is -3.01. The number of piperazine rings is 1. The fourth-order valence-electron chi connectivity index (χ4n) is 3.57. The third-order valence-corrected chi connectivity index (χ3v) is 5.35. The van der Waals surface area contributed by atoms with Crippen LogP contribution in [0.1, 0.15) is 18.6 Å². The van der Waals surface area contributed by atoms with E-state index in [4.69, 9.17) is 4.74 Å². The first-order valence-electron chi connectivity index (χ1n) is 9.32. The summed E-state index contributed by atoms with van der Waals surface area (Å²) in [4.78, 5) is 23.1. The number of hydrogen-bond acceptors (Lipinski definition) is 6. The summed E-state index contributed by atoms with van der Waals surface area (Å²) in [5.74, 6) is -0.795. The summed E-state index contributed by atoms with van der Waals surface area (Å²) >= 11 is 0. The smallest absolute Gasteiger partial charge is 0.263 e. The molecule has 3 heterocycles. The number of aromatic nitrogens is 4. The Kier molecular flexibility index (Phi) is 4.95. The van der Waals surface area contributed by atoms with Crippen molar-refractivity contribution in [1.29, 1.82) is 0 Å². The summed E-state index contributed by atoms with van der Waals surface area (Å²) < 4.78 is 35.9. The van der Waals surface area contributed by atoms with E-state index >= 15 is 0 Å². The van der Waals surface area contributed by atoms with E-state index in [9.17, 15) is 13.6 Å². The maximum Gasteiger partial charge on any atom is 0.263 e. The van der Waals surface area contributed by atoms with Crippen LogP contribution in [0.15, 0.2) is 23.1 Å². The summed E-state index contributed by atoms with van der Waals surface area (Å²) in [6.07, 6.45) is 1.08. The maximum atomic E-state index is 14.6. The van der Waals surface area contributed by atoms with Gasteiger partial charge in [-0.25, -0.2) is 8.78 Å². The van der Waals surface area contributed by atoms with Crippen LogP contribution in [0.5, 0.6) is 0 Å². The van der Waals surface area contributed by atoms with Crippen LogP contribution in [0.25, 0.3) is 11.0 Å². The van der Waals surface area contributed by atoms with E-state index in [0.29, 0.717) is 48.7 Å². The number of benzene rings is 1. The Balaban J connectivity index is 1.54. The molecule has 1 unspecified atom stereocenters. The molecule has 154 valence electrons. The number of halogens is 2. The molecule has 1 fully saturated rings. The molecule has 1 saturated heterocycles. The molecule has 1 aliphatic heterocycles. The number of nitrogens with zero attached hydrogens (tertiary/aromatic N) is 5. The van der Waals surface area contributed by atoms with E-state index in [0.717, 1.165) is 0 Å². The summed E-state index contributed by atoms with van der Waals surface area (Å²) in [7, 11) is 3.21. The molecule has 0 saturated carbocycles. The van der Waals surface area contributed by atoms with Crippen LogP contribution in [-0.4, -0.2) is 53.0 Å². The second kappa shape index (κ2) is 7.43. The number of rotatable bonds is 4. The van der Waals surface area contributed by atoms with Gasteiger partial charge in [0.15, 0.2) is 5.65 Å². The fourth-order valence-corrected chi connectivity index (χ4v) is 3.57. The van der Waals surface area contributed by atoms with Crippen LogP contribution < -0.4 is 15.4 Å². The van der Waals surface area contributed by atoms with Crippen molar-refractivity contribution in [3.05, 3.63) is 45.9 Å². The minimum atomic E-state index is -0.611. The molecule has 1 aromatic carbocycles. The summed E-state index contributed by atoms with van der Waals surface area (Å²) in [5.41, 5.74) is 0.642. The van der Waals surface area contributed by atoms with Crippen molar-refractivity contribution in [2.24, 2.45) is 7.05 Å². The molecular formula is C19H22F2N6O2. The Morgan fingerprint density at radius 2 is 1.76 bits per heavy atom. The molecule has 0 aliphatic carbocycles. The molecule has 2 aromatic heterocycles. The minimum absolute atomic E-state index is 0.0414. The van der Waals surface area contributed by atoms with E-state index in [2.05, 4.69) is 15.1 Å². The number of nitrogens with one attached hydrogen (secondary N) is 1. The lowest BCUT2D eigenvalue weighted by Crippen LogP contribution is -2.48. The maximum absolute atomic E-state index is 14.6. The number of hydrogen-bond donors (Lipinski definition) is 1. The zero-order chi connectivity index (χ0) is 20.7. The molecule has 29 heavy (non-hydrogen) atoms. The molecule has 10 heteroatoms. The Morgan fingerprint density at radius 1 is 1.14 bits per heavy atom. The van der Waals surface area contributed by atoms with E-state index in [-0.39, 0.29) is 11.2 Å². The van der Waals surface area contributed by atoms with Gasteiger partial charge in [-0.05, 0) is 24.6 Å². The Bertz CT molecular complexity index is 1080. The van der Waals surface area contributed by atoms with Gasteiger partial charge in [0.1, 0.15) is 22.7 Å². The average molecular weight is 404 g/mol. The third kappa shape index (κ3) is 3.44. The lowest BCUT2D eigenvalue weighted by atomic mass is 10.1. The van der Waals surface area contributed by atoms with Gasteiger partial charge in [-0.3, -0.25) is 14.5 Å². The molecular weight excluding hydrogens is 382 g/mol.